The highest BCUT2D eigenvalue weighted by Gasteiger charge is 2.19. The fraction of sp³-hybridized carbons (Fsp3) is 0.200. The predicted molar refractivity (Wildman–Crippen MR) is 118 cm³/mol. The summed E-state index contributed by atoms with van der Waals surface area (Å²) in [6.07, 6.45) is -0.951. The average Bonchev–Trinajstić information content (AvgIpc) is 2.79. The zero-order valence-electron chi connectivity index (χ0n) is 17.5. The molecule has 0 saturated carbocycles. The highest BCUT2D eigenvalue weighted by molar-refractivity contribution is 5.97. The van der Waals surface area contributed by atoms with Crippen LogP contribution >= 0.6 is 0 Å². The van der Waals surface area contributed by atoms with Crippen molar-refractivity contribution in [3.8, 4) is 5.75 Å². The number of anilines is 1. The zero-order chi connectivity index (χ0) is 22.1. The number of benzene rings is 3. The van der Waals surface area contributed by atoms with E-state index >= 15 is 0 Å². The summed E-state index contributed by atoms with van der Waals surface area (Å²) in [5, 5.41) is 2.74. The Bertz CT molecular complexity index is 1000. The molecule has 1 amide bonds. The summed E-state index contributed by atoms with van der Waals surface area (Å²) >= 11 is 0. The molecular weight excluding hydrogens is 394 g/mol. The molecule has 160 valence electrons. The van der Waals surface area contributed by atoms with Gasteiger partial charge in [-0.3, -0.25) is 4.79 Å². The van der Waals surface area contributed by atoms with Crippen LogP contribution in [0.3, 0.4) is 0 Å². The molecule has 0 aliphatic rings. The van der Waals surface area contributed by atoms with Gasteiger partial charge in [-0.1, -0.05) is 42.5 Å². The van der Waals surface area contributed by atoms with Crippen molar-refractivity contribution in [3.63, 3.8) is 0 Å². The standard InChI is InChI=1S/C25H25NO5/c1-18(31-25(28)21-10-6-9-20(15-21)16-29-2)24(27)26-22-11-13-23(14-12-22)30-17-19-7-4-3-5-8-19/h3-15,18H,16-17H2,1-2H3,(H,26,27)/t18-/m0/s1. The van der Waals surface area contributed by atoms with Crippen molar-refractivity contribution < 1.29 is 23.8 Å². The van der Waals surface area contributed by atoms with E-state index in [1.807, 2.05) is 36.4 Å². The molecule has 3 rings (SSSR count). The third-order valence-corrected chi connectivity index (χ3v) is 4.50. The van der Waals surface area contributed by atoms with Gasteiger partial charge in [0.15, 0.2) is 6.10 Å². The van der Waals surface area contributed by atoms with Crippen LogP contribution in [-0.4, -0.2) is 25.1 Å². The Kier molecular flexibility index (Phi) is 7.79. The summed E-state index contributed by atoms with van der Waals surface area (Å²) in [7, 11) is 1.58. The van der Waals surface area contributed by atoms with Gasteiger partial charge in [-0.05, 0) is 54.4 Å². The summed E-state index contributed by atoms with van der Waals surface area (Å²) in [5.74, 6) is -0.290. The molecule has 3 aromatic carbocycles. The number of amides is 1. The molecule has 6 heteroatoms. The SMILES string of the molecule is COCc1cccc(C(=O)O[C@@H](C)C(=O)Nc2ccc(OCc3ccccc3)cc2)c1. The van der Waals surface area contributed by atoms with Crippen molar-refractivity contribution in [1.82, 2.24) is 0 Å². The fourth-order valence-electron chi connectivity index (χ4n) is 2.86. The van der Waals surface area contributed by atoms with Crippen LogP contribution in [0.25, 0.3) is 0 Å². The van der Waals surface area contributed by atoms with Crippen LogP contribution in [0, 0.1) is 0 Å². The van der Waals surface area contributed by atoms with Gasteiger partial charge < -0.3 is 19.5 Å². The van der Waals surface area contributed by atoms with Crippen LogP contribution in [0.15, 0.2) is 78.9 Å². The van der Waals surface area contributed by atoms with Crippen molar-refractivity contribution in [1.29, 1.82) is 0 Å². The van der Waals surface area contributed by atoms with Gasteiger partial charge in [-0.2, -0.15) is 0 Å². The molecule has 0 fully saturated rings. The van der Waals surface area contributed by atoms with Crippen molar-refractivity contribution in [2.24, 2.45) is 0 Å². The molecule has 0 aromatic heterocycles. The maximum absolute atomic E-state index is 12.4. The summed E-state index contributed by atoms with van der Waals surface area (Å²) in [6.45, 7) is 2.39. The van der Waals surface area contributed by atoms with E-state index in [-0.39, 0.29) is 0 Å². The second-order valence-corrected chi connectivity index (χ2v) is 6.97. The Morgan fingerprint density at radius 3 is 2.29 bits per heavy atom. The molecule has 1 N–H and O–H groups in total. The van der Waals surface area contributed by atoms with E-state index in [2.05, 4.69) is 5.32 Å². The molecule has 0 bridgehead atoms. The molecule has 0 heterocycles. The number of rotatable bonds is 9. The van der Waals surface area contributed by atoms with Gasteiger partial charge in [0.25, 0.3) is 5.91 Å². The van der Waals surface area contributed by atoms with Gasteiger partial charge in [0, 0.05) is 12.8 Å². The van der Waals surface area contributed by atoms with E-state index in [4.69, 9.17) is 14.2 Å². The van der Waals surface area contributed by atoms with Crippen LogP contribution in [0.5, 0.6) is 5.75 Å². The Balaban J connectivity index is 1.51. The lowest BCUT2D eigenvalue weighted by Gasteiger charge is -2.14. The van der Waals surface area contributed by atoms with E-state index < -0.39 is 18.0 Å². The molecular formula is C25H25NO5. The molecule has 0 aliphatic heterocycles. The first-order valence-electron chi connectivity index (χ1n) is 9.91. The molecule has 6 nitrogen and oxygen atoms in total. The highest BCUT2D eigenvalue weighted by atomic mass is 16.5. The summed E-state index contributed by atoms with van der Waals surface area (Å²) < 4.78 is 16.1. The summed E-state index contributed by atoms with van der Waals surface area (Å²) in [5.41, 5.74) is 2.88. The number of nitrogens with one attached hydrogen (secondary N) is 1. The molecule has 0 unspecified atom stereocenters. The molecule has 0 radical (unpaired) electrons. The Labute approximate surface area is 181 Å². The summed E-state index contributed by atoms with van der Waals surface area (Å²) in [4.78, 5) is 24.7. The smallest absolute Gasteiger partial charge is 0.338 e. The molecule has 0 spiro atoms. The lowest BCUT2D eigenvalue weighted by Crippen LogP contribution is -2.30. The maximum atomic E-state index is 12.4. The number of methoxy groups -OCH3 is 1. The highest BCUT2D eigenvalue weighted by Crippen LogP contribution is 2.18. The molecule has 31 heavy (non-hydrogen) atoms. The molecule has 1 atom stereocenters. The van der Waals surface area contributed by atoms with Crippen molar-refractivity contribution in [2.75, 3.05) is 12.4 Å². The van der Waals surface area contributed by atoms with Crippen LogP contribution in [0.2, 0.25) is 0 Å². The quantitative estimate of drug-likeness (QED) is 0.513. The number of hydrogen-bond donors (Lipinski definition) is 1. The number of hydrogen-bond acceptors (Lipinski definition) is 5. The van der Waals surface area contributed by atoms with Gasteiger partial charge in [-0.25, -0.2) is 4.79 Å². The first-order chi connectivity index (χ1) is 15.0. The minimum absolute atomic E-state index is 0.370. The second-order valence-electron chi connectivity index (χ2n) is 6.97. The Morgan fingerprint density at radius 1 is 0.871 bits per heavy atom. The number of carbonyl (C=O) groups excluding carboxylic acids is 2. The third kappa shape index (κ3) is 6.69. The van der Waals surface area contributed by atoms with Crippen LogP contribution in [-0.2, 0) is 27.5 Å². The van der Waals surface area contributed by atoms with Crippen LogP contribution in [0.4, 0.5) is 5.69 Å². The third-order valence-electron chi connectivity index (χ3n) is 4.50. The van der Waals surface area contributed by atoms with Crippen LogP contribution in [0.1, 0.15) is 28.4 Å². The maximum Gasteiger partial charge on any atom is 0.338 e. The van der Waals surface area contributed by atoms with Gasteiger partial charge in [0.1, 0.15) is 12.4 Å². The van der Waals surface area contributed by atoms with Crippen LogP contribution < -0.4 is 10.1 Å². The minimum Gasteiger partial charge on any atom is -0.489 e. The minimum atomic E-state index is -0.951. The van der Waals surface area contributed by atoms with E-state index in [0.717, 1.165) is 11.1 Å². The monoisotopic (exact) mass is 419 g/mol. The van der Waals surface area contributed by atoms with Crippen molar-refractivity contribution in [3.05, 3.63) is 95.6 Å². The molecule has 3 aromatic rings. The normalized spacial score (nSPS) is 11.4. The zero-order valence-corrected chi connectivity index (χ0v) is 17.5. The van der Waals surface area contributed by atoms with Crippen molar-refractivity contribution in [2.45, 2.75) is 26.2 Å². The predicted octanol–water partition coefficient (Wildman–Crippen LogP) is 4.60. The average molecular weight is 419 g/mol. The number of carbonyl (C=O) groups is 2. The van der Waals surface area contributed by atoms with E-state index in [1.165, 1.54) is 6.92 Å². The molecule has 0 saturated heterocycles. The van der Waals surface area contributed by atoms with Gasteiger partial charge in [0.05, 0.1) is 12.2 Å². The van der Waals surface area contributed by atoms with E-state index in [1.54, 1.807) is 49.6 Å². The first kappa shape index (κ1) is 22.1. The topological polar surface area (TPSA) is 73.9 Å². The Morgan fingerprint density at radius 2 is 1.58 bits per heavy atom. The fourth-order valence-corrected chi connectivity index (χ4v) is 2.86. The van der Waals surface area contributed by atoms with Gasteiger partial charge >= 0.3 is 5.97 Å². The van der Waals surface area contributed by atoms with E-state index in [9.17, 15) is 9.59 Å². The van der Waals surface area contributed by atoms with Gasteiger partial charge in [0.2, 0.25) is 0 Å². The Hall–Kier alpha value is -3.64. The van der Waals surface area contributed by atoms with Gasteiger partial charge in [-0.15, -0.1) is 0 Å². The summed E-state index contributed by atoms with van der Waals surface area (Å²) in [6, 6.07) is 23.8. The number of ether oxygens (including phenoxy) is 3. The van der Waals surface area contributed by atoms with E-state index in [0.29, 0.717) is 30.2 Å². The lowest BCUT2D eigenvalue weighted by atomic mass is 10.1. The second kappa shape index (κ2) is 10.9. The largest absolute Gasteiger partial charge is 0.489 e. The molecule has 0 aliphatic carbocycles. The lowest BCUT2D eigenvalue weighted by molar-refractivity contribution is -0.123. The first-order valence-corrected chi connectivity index (χ1v) is 9.91. The van der Waals surface area contributed by atoms with Crippen molar-refractivity contribution >= 4 is 17.6 Å². The number of esters is 1.